The van der Waals surface area contributed by atoms with E-state index in [2.05, 4.69) is 15.4 Å². The molecule has 3 fully saturated rings. The zero-order valence-electron chi connectivity index (χ0n) is 19.2. The van der Waals surface area contributed by atoms with E-state index in [0.29, 0.717) is 18.9 Å². The van der Waals surface area contributed by atoms with E-state index in [1.54, 1.807) is 30.3 Å². The smallest absolute Gasteiger partial charge is 0.251 e. The first-order valence-electron chi connectivity index (χ1n) is 11.8. The molecule has 0 aliphatic heterocycles. The highest BCUT2D eigenvalue weighted by atomic mass is 32.2. The predicted molar refractivity (Wildman–Crippen MR) is 133 cm³/mol. The summed E-state index contributed by atoms with van der Waals surface area (Å²) in [4.78, 5) is 13.0. The predicted octanol–water partition coefficient (Wildman–Crippen LogP) is 4.11. The number of hydrogen-bond acceptors (Lipinski definition) is 4. The molecule has 6 nitrogen and oxygen atoms in total. The van der Waals surface area contributed by atoms with Crippen LogP contribution in [0.4, 0.5) is 10.1 Å². The highest BCUT2D eigenvalue weighted by Crippen LogP contribution is 2.57. The molecule has 1 atom stereocenters. The van der Waals surface area contributed by atoms with Crippen molar-refractivity contribution in [1.29, 1.82) is 0 Å². The van der Waals surface area contributed by atoms with Gasteiger partial charge in [-0.25, -0.2) is 17.5 Å². The topological polar surface area (TPSA) is 87.3 Å². The van der Waals surface area contributed by atoms with Crippen molar-refractivity contribution in [3.8, 4) is 0 Å². The molecule has 0 aromatic heterocycles. The van der Waals surface area contributed by atoms with E-state index in [9.17, 15) is 17.6 Å². The fraction of sp³-hybridized carbons (Fsp3) is 0.296. The largest absolute Gasteiger partial charge is 0.383 e. The van der Waals surface area contributed by atoms with Crippen LogP contribution in [0.15, 0.2) is 83.8 Å². The van der Waals surface area contributed by atoms with Gasteiger partial charge in [0.25, 0.3) is 5.91 Å². The molecule has 35 heavy (non-hydrogen) atoms. The number of carbonyl (C=O) groups is 1. The van der Waals surface area contributed by atoms with Gasteiger partial charge in [0.05, 0.1) is 10.9 Å². The van der Waals surface area contributed by atoms with Crippen LogP contribution in [0.5, 0.6) is 0 Å². The van der Waals surface area contributed by atoms with Gasteiger partial charge in [0.1, 0.15) is 5.82 Å². The summed E-state index contributed by atoms with van der Waals surface area (Å²) in [6, 6.07) is 21.7. The lowest BCUT2D eigenvalue weighted by Gasteiger charge is -2.61. The molecule has 3 aromatic rings. The van der Waals surface area contributed by atoms with Crippen molar-refractivity contribution >= 4 is 21.6 Å². The van der Waals surface area contributed by atoms with E-state index in [1.165, 1.54) is 18.2 Å². The SMILES string of the molecule is O=C(N[C@H](CNc1ccc(S(=O)(=O)NC23CC(C2)C3)cc1)Cc1ccccc1)c1cccc(F)c1. The molecule has 3 aliphatic carbocycles. The fourth-order valence-corrected chi connectivity index (χ4v) is 6.34. The summed E-state index contributed by atoms with van der Waals surface area (Å²) in [5.74, 6) is -0.128. The van der Waals surface area contributed by atoms with Gasteiger partial charge in [-0.15, -0.1) is 0 Å². The summed E-state index contributed by atoms with van der Waals surface area (Å²) < 4.78 is 41.9. The first-order chi connectivity index (χ1) is 16.8. The average molecular weight is 494 g/mol. The van der Waals surface area contributed by atoms with Crippen LogP contribution in [-0.4, -0.2) is 32.5 Å². The van der Waals surface area contributed by atoms with Gasteiger partial charge in [-0.1, -0.05) is 36.4 Å². The highest BCUT2D eigenvalue weighted by molar-refractivity contribution is 7.89. The Morgan fingerprint density at radius 1 is 0.971 bits per heavy atom. The maximum atomic E-state index is 13.6. The van der Waals surface area contributed by atoms with Crippen LogP contribution in [0.25, 0.3) is 0 Å². The van der Waals surface area contributed by atoms with E-state index in [-0.39, 0.29) is 27.9 Å². The minimum atomic E-state index is -3.55. The quantitative estimate of drug-likeness (QED) is 0.397. The lowest BCUT2D eigenvalue weighted by atomic mass is 9.50. The van der Waals surface area contributed by atoms with Gasteiger partial charge in [0, 0.05) is 23.3 Å². The number of benzene rings is 3. The van der Waals surface area contributed by atoms with Crippen LogP contribution in [0.3, 0.4) is 0 Å². The van der Waals surface area contributed by atoms with Crippen LogP contribution in [0, 0.1) is 11.7 Å². The Morgan fingerprint density at radius 3 is 2.31 bits per heavy atom. The molecule has 3 aromatic carbocycles. The van der Waals surface area contributed by atoms with E-state index >= 15 is 0 Å². The second-order valence-electron chi connectivity index (χ2n) is 9.64. The first kappa shape index (κ1) is 23.5. The third-order valence-electron chi connectivity index (χ3n) is 6.85. The average Bonchev–Trinajstić information content (AvgIpc) is 2.80. The van der Waals surface area contributed by atoms with Gasteiger partial charge in [-0.2, -0.15) is 0 Å². The first-order valence-corrected chi connectivity index (χ1v) is 13.3. The van der Waals surface area contributed by atoms with Crippen LogP contribution in [0.2, 0.25) is 0 Å². The normalized spacial score (nSPS) is 21.3. The van der Waals surface area contributed by atoms with Crippen LogP contribution < -0.4 is 15.4 Å². The van der Waals surface area contributed by atoms with Crippen molar-refractivity contribution in [1.82, 2.24) is 10.0 Å². The molecule has 3 N–H and O–H groups in total. The number of hydrogen-bond donors (Lipinski definition) is 3. The monoisotopic (exact) mass is 493 g/mol. The van der Waals surface area contributed by atoms with Gasteiger partial charge in [0.15, 0.2) is 0 Å². The van der Waals surface area contributed by atoms with Crippen molar-refractivity contribution in [3.63, 3.8) is 0 Å². The molecular formula is C27H28FN3O3S. The summed E-state index contributed by atoms with van der Waals surface area (Å²) in [6.45, 7) is 0.408. The molecular weight excluding hydrogens is 465 g/mol. The van der Waals surface area contributed by atoms with Gasteiger partial charge < -0.3 is 10.6 Å². The Labute approximate surface area is 205 Å². The number of anilines is 1. The Bertz CT molecular complexity index is 1300. The molecule has 0 spiro atoms. The van der Waals surface area contributed by atoms with E-state index < -0.39 is 15.8 Å². The summed E-state index contributed by atoms with van der Waals surface area (Å²) in [6.07, 6.45) is 3.40. The molecule has 0 radical (unpaired) electrons. The minimum Gasteiger partial charge on any atom is -0.383 e. The number of rotatable bonds is 10. The van der Waals surface area contributed by atoms with Crippen LogP contribution in [0.1, 0.15) is 35.2 Å². The van der Waals surface area contributed by atoms with Crippen molar-refractivity contribution < 1.29 is 17.6 Å². The van der Waals surface area contributed by atoms with Crippen molar-refractivity contribution in [2.45, 2.75) is 42.2 Å². The van der Waals surface area contributed by atoms with Crippen molar-refractivity contribution in [3.05, 3.63) is 95.8 Å². The lowest BCUT2D eigenvalue weighted by Crippen LogP contribution is -2.67. The number of halogens is 1. The molecule has 0 saturated heterocycles. The Balaban J connectivity index is 1.24. The molecule has 0 unspecified atom stereocenters. The Morgan fingerprint density at radius 2 is 1.69 bits per heavy atom. The molecule has 3 aliphatic rings. The Kier molecular flexibility index (Phi) is 6.34. The van der Waals surface area contributed by atoms with Crippen molar-refractivity contribution in [2.24, 2.45) is 5.92 Å². The second-order valence-corrected chi connectivity index (χ2v) is 11.3. The molecule has 2 bridgehead atoms. The maximum absolute atomic E-state index is 13.6. The highest BCUT2D eigenvalue weighted by Gasteiger charge is 2.58. The third kappa shape index (κ3) is 5.39. The van der Waals surface area contributed by atoms with Crippen LogP contribution in [-0.2, 0) is 16.4 Å². The zero-order chi connectivity index (χ0) is 24.5. The van der Waals surface area contributed by atoms with E-state index in [1.807, 2.05) is 30.3 Å². The molecule has 8 heteroatoms. The number of sulfonamides is 1. The molecule has 6 rings (SSSR count). The summed E-state index contributed by atoms with van der Waals surface area (Å²) in [5.41, 5.74) is 1.84. The molecule has 0 heterocycles. The van der Waals surface area contributed by atoms with Gasteiger partial charge in [-0.3, -0.25) is 4.79 Å². The number of nitrogens with one attached hydrogen (secondary N) is 3. The summed E-state index contributed by atoms with van der Waals surface area (Å²) >= 11 is 0. The molecule has 182 valence electrons. The molecule has 1 amide bonds. The third-order valence-corrected chi connectivity index (χ3v) is 8.45. The van der Waals surface area contributed by atoms with E-state index in [4.69, 9.17) is 0 Å². The zero-order valence-corrected chi connectivity index (χ0v) is 20.0. The summed E-state index contributed by atoms with van der Waals surface area (Å²) in [7, 11) is -3.55. The Hall–Kier alpha value is -3.23. The van der Waals surface area contributed by atoms with Gasteiger partial charge in [-0.05, 0) is 79.6 Å². The van der Waals surface area contributed by atoms with Crippen LogP contribution >= 0.6 is 0 Å². The summed E-state index contributed by atoms with van der Waals surface area (Å²) in [5, 5.41) is 6.27. The van der Waals surface area contributed by atoms with Gasteiger partial charge >= 0.3 is 0 Å². The molecule has 3 saturated carbocycles. The van der Waals surface area contributed by atoms with Gasteiger partial charge in [0.2, 0.25) is 10.0 Å². The number of amides is 1. The minimum absolute atomic E-state index is 0.217. The lowest BCUT2D eigenvalue weighted by molar-refractivity contribution is -0.0317. The maximum Gasteiger partial charge on any atom is 0.251 e. The second kappa shape index (κ2) is 9.43. The number of carbonyl (C=O) groups excluding carboxylic acids is 1. The van der Waals surface area contributed by atoms with E-state index in [0.717, 1.165) is 30.5 Å². The van der Waals surface area contributed by atoms with Crippen molar-refractivity contribution in [2.75, 3.05) is 11.9 Å². The fourth-order valence-electron chi connectivity index (χ4n) is 4.91. The standard InChI is InChI=1S/C27H28FN3O3S/c28-22-8-4-7-21(14-22)26(32)30-24(13-19-5-2-1-3-6-19)18-29-23-9-11-25(12-10-23)35(33,34)31-27-15-20(16-27)17-27/h1-12,14,20,24,29,31H,13,15-18H2,(H,30,32)/t20?,24-,27?/m0/s1.